The molecule has 1 aliphatic heterocycles. The second kappa shape index (κ2) is 6.90. The molecule has 0 aromatic heterocycles. The first kappa shape index (κ1) is 18.1. The maximum Gasteiger partial charge on any atom is 0.248 e. The zero-order chi connectivity index (χ0) is 18.1. The molecule has 2 fully saturated rings. The fourth-order valence-corrected chi connectivity index (χ4v) is 3.58. The molecule has 1 saturated heterocycles. The smallest absolute Gasteiger partial charge is 0.248 e. The molecule has 4 nitrogen and oxygen atoms in total. The van der Waals surface area contributed by atoms with Crippen molar-refractivity contribution in [2.45, 2.75) is 56.7 Å². The van der Waals surface area contributed by atoms with Gasteiger partial charge in [0.05, 0.1) is 6.54 Å². The Morgan fingerprint density at radius 3 is 2.48 bits per heavy atom. The van der Waals surface area contributed by atoms with Crippen molar-refractivity contribution in [1.82, 2.24) is 4.90 Å². The molecule has 1 heterocycles. The number of hydrogen-bond acceptors (Lipinski definition) is 3. The normalized spacial score (nSPS) is 30.1. The largest absolute Gasteiger partial charge is 0.486 e. The van der Waals surface area contributed by atoms with Crippen LogP contribution in [0.4, 0.5) is 8.78 Å². The van der Waals surface area contributed by atoms with Crippen LogP contribution < -0.4 is 4.74 Å². The van der Waals surface area contributed by atoms with Gasteiger partial charge in [0.25, 0.3) is 0 Å². The van der Waals surface area contributed by atoms with Gasteiger partial charge in [-0.3, -0.25) is 4.79 Å². The number of nitrogens with zero attached hydrogens (tertiary/aromatic N) is 1. The van der Waals surface area contributed by atoms with Crippen LogP contribution in [0.1, 0.15) is 39.0 Å². The predicted molar refractivity (Wildman–Crippen MR) is 89.6 cm³/mol. The number of piperidine rings is 1. The highest BCUT2D eigenvalue weighted by atomic mass is 19.3. The van der Waals surface area contributed by atoms with Crippen LogP contribution >= 0.6 is 0 Å². The van der Waals surface area contributed by atoms with Gasteiger partial charge in [0, 0.05) is 25.3 Å². The number of ether oxygens (including phenoxy) is 1. The van der Waals surface area contributed by atoms with Gasteiger partial charge in [0.1, 0.15) is 17.5 Å². The lowest BCUT2D eigenvalue weighted by Crippen LogP contribution is -2.58. The molecule has 1 aromatic carbocycles. The second-order valence-corrected chi connectivity index (χ2v) is 7.44. The third-order valence-corrected chi connectivity index (χ3v) is 5.37. The molecule has 1 N–H and O–H groups in total. The summed E-state index contributed by atoms with van der Waals surface area (Å²) in [7, 11) is 0. The lowest BCUT2D eigenvalue weighted by Gasteiger charge is -2.43. The van der Waals surface area contributed by atoms with E-state index in [2.05, 4.69) is 0 Å². The highest BCUT2D eigenvalue weighted by Gasteiger charge is 2.44. The summed E-state index contributed by atoms with van der Waals surface area (Å²) in [6.45, 7) is 2.41. The van der Waals surface area contributed by atoms with E-state index in [0.717, 1.165) is 0 Å². The Morgan fingerprint density at radius 1 is 1.20 bits per heavy atom. The van der Waals surface area contributed by atoms with Crippen LogP contribution in [0.2, 0.25) is 0 Å². The van der Waals surface area contributed by atoms with Crippen LogP contribution in [-0.2, 0) is 4.79 Å². The van der Waals surface area contributed by atoms with E-state index in [1.165, 1.54) is 0 Å². The number of aliphatic hydroxyl groups is 1. The lowest BCUT2D eigenvalue weighted by molar-refractivity contribution is -0.151. The quantitative estimate of drug-likeness (QED) is 0.908. The van der Waals surface area contributed by atoms with Crippen molar-refractivity contribution >= 4 is 5.91 Å². The van der Waals surface area contributed by atoms with Crippen molar-refractivity contribution in [3.05, 3.63) is 30.3 Å². The number of carbonyl (C=O) groups excluding carboxylic acids is 1. The van der Waals surface area contributed by atoms with Crippen LogP contribution in [-0.4, -0.2) is 46.6 Å². The maximum absolute atomic E-state index is 13.3. The third-order valence-electron chi connectivity index (χ3n) is 5.37. The van der Waals surface area contributed by atoms with Gasteiger partial charge in [-0.1, -0.05) is 18.2 Å². The van der Waals surface area contributed by atoms with Gasteiger partial charge in [0.15, 0.2) is 0 Å². The zero-order valence-corrected chi connectivity index (χ0v) is 14.5. The molecule has 1 aliphatic carbocycles. The molecule has 1 saturated carbocycles. The molecular weight excluding hydrogens is 328 g/mol. The molecule has 3 rings (SSSR count). The minimum absolute atomic E-state index is 0.0901. The standard InChI is InChI=1S/C19H25F2NO3/c1-18(24)11-12-22(13-16(18)25-15-5-3-2-4-6-15)17(23)14-7-9-19(20,21)10-8-14/h2-6,14,16,24H,7-13H2,1H3/t16-,18-/m1/s1. The number of para-hydroxylation sites is 1. The summed E-state index contributed by atoms with van der Waals surface area (Å²) in [5, 5.41) is 10.6. The summed E-state index contributed by atoms with van der Waals surface area (Å²) in [5.41, 5.74) is -1.04. The molecule has 1 aromatic rings. The molecule has 1 amide bonds. The number of rotatable bonds is 3. The first-order valence-electron chi connectivity index (χ1n) is 8.88. The van der Waals surface area contributed by atoms with Crippen LogP contribution in [0.25, 0.3) is 0 Å². The Balaban J connectivity index is 1.64. The molecule has 0 radical (unpaired) electrons. The van der Waals surface area contributed by atoms with E-state index in [-0.39, 0.29) is 44.1 Å². The van der Waals surface area contributed by atoms with Crippen LogP contribution in [0, 0.1) is 5.92 Å². The van der Waals surface area contributed by atoms with E-state index in [9.17, 15) is 18.7 Å². The zero-order valence-electron chi connectivity index (χ0n) is 14.5. The summed E-state index contributed by atoms with van der Waals surface area (Å²) in [4.78, 5) is 14.4. The number of hydrogen-bond donors (Lipinski definition) is 1. The molecule has 2 aliphatic rings. The predicted octanol–water partition coefficient (Wildman–Crippen LogP) is 3.24. The third kappa shape index (κ3) is 4.29. The molecule has 0 bridgehead atoms. The maximum atomic E-state index is 13.3. The molecule has 25 heavy (non-hydrogen) atoms. The Hall–Kier alpha value is -1.69. The van der Waals surface area contributed by atoms with E-state index in [1.54, 1.807) is 24.0 Å². The number of halogens is 2. The fraction of sp³-hybridized carbons (Fsp3) is 0.632. The SMILES string of the molecule is C[C@@]1(O)CCN(C(=O)C2CCC(F)(F)CC2)C[C@H]1Oc1ccccc1. The molecule has 138 valence electrons. The van der Waals surface area contributed by atoms with Crippen molar-refractivity contribution in [3.8, 4) is 5.75 Å². The molecule has 0 unspecified atom stereocenters. The van der Waals surface area contributed by atoms with Gasteiger partial charge in [-0.25, -0.2) is 8.78 Å². The molecular formula is C19H25F2NO3. The van der Waals surface area contributed by atoms with Crippen molar-refractivity contribution in [2.24, 2.45) is 5.92 Å². The van der Waals surface area contributed by atoms with E-state index in [0.29, 0.717) is 18.7 Å². The van der Waals surface area contributed by atoms with Crippen molar-refractivity contribution in [2.75, 3.05) is 13.1 Å². The molecule has 6 heteroatoms. The van der Waals surface area contributed by atoms with E-state index in [4.69, 9.17) is 4.74 Å². The average molecular weight is 353 g/mol. The van der Waals surface area contributed by atoms with Crippen LogP contribution in [0.3, 0.4) is 0 Å². The number of carbonyl (C=O) groups is 1. The molecule has 2 atom stereocenters. The van der Waals surface area contributed by atoms with E-state index >= 15 is 0 Å². The summed E-state index contributed by atoms with van der Waals surface area (Å²) < 4.78 is 32.5. The van der Waals surface area contributed by atoms with E-state index < -0.39 is 17.6 Å². The summed E-state index contributed by atoms with van der Waals surface area (Å²) in [5.74, 6) is -2.44. The van der Waals surface area contributed by atoms with Crippen LogP contribution in [0.15, 0.2) is 30.3 Å². The summed E-state index contributed by atoms with van der Waals surface area (Å²) in [6, 6.07) is 9.18. The van der Waals surface area contributed by atoms with Gasteiger partial charge < -0.3 is 14.7 Å². The first-order valence-corrected chi connectivity index (χ1v) is 8.88. The van der Waals surface area contributed by atoms with Crippen molar-refractivity contribution < 1.29 is 23.4 Å². The monoisotopic (exact) mass is 353 g/mol. The Bertz CT molecular complexity index is 596. The number of amides is 1. The number of likely N-dealkylation sites (tertiary alicyclic amines) is 1. The fourth-order valence-electron chi connectivity index (χ4n) is 3.58. The Kier molecular flexibility index (Phi) is 5.00. The number of benzene rings is 1. The minimum atomic E-state index is -2.64. The average Bonchev–Trinajstić information content (AvgIpc) is 2.57. The van der Waals surface area contributed by atoms with Gasteiger partial charge in [0.2, 0.25) is 11.8 Å². The minimum Gasteiger partial charge on any atom is -0.486 e. The Labute approximate surface area is 146 Å². The highest BCUT2D eigenvalue weighted by molar-refractivity contribution is 5.79. The topological polar surface area (TPSA) is 49.8 Å². The summed E-state index contributed by atoms with van der Waals surface area (Å²) >= 11 is 0. The lowest BCUT2D eigenvalue weighted by atomic mass is 9.84. The van der Waals surface area contributed by atoms with Crippen molar-refractivity contribution in [1.29, 1.82) is 0 Å². The van der Waals surface area contributed by atoms with Gasteiger partial charge >= 0.3 is 0 Å². The highest BCUT2D eigenvalue weighted by Crippen LogP contribution is 2.37. The van der Waals surface area contributed by atoms with Gasteiger partial charge in [-0.15, -0.1) is 0 Å². The first-order chi connectivity index (χ1) is 11.8. The Morgan fingerprint density at radius 2 is 1.84 bits per heavy atom. The van der Waals surface area contributed by atoms with E-state index in [1.807, 2.05) is 18.2 Å². The summed E-state index contributed by atoms with van der Waals surface area (Å²) in [6.07, 6.45) is -0.138. The van der Waals surface area contributed by atoms with Gasteiger partial charge in [-0.2, -0.15) is 0 Å². The molecule has 0 spiro atoms. The number of alkyl halides is 2. The van der Waals surface area contributed by atoms with Gasteiger partial charge in [-0.05, 0) is 38.3 Å². The van der Waals surface area contributed by atoms with Crippen LogP contribution in [0.5, 0.6) is 5.75 Å². The second-order valence-electron chi connectivity index (χ2n) is 7.44. The van der Waals surface area contributed by atoms with Crippen molar-refractivity contribution in [3.63, 3.8) is 0 Å².